The third kappa shape index (κ3) is 5.03. The van der Waals surface area contributed by atoms with Crippen LogP contribution in [0.5, 0.6) is 0 Å². The molecule has 1 aromatic carbocycles. The number of anilines is 2. The molecule has 1 saturated heterocycles. The molecule has 0 atom stereocenters. The minimum Gasteiger partial charge on any atom is -0.383 e. The molecule has 1 aliphatic heterocycles. The third-order valence-electron chi connectivity index (χ3n) is 4.39. The van der Waals surface area contributed by atoms with Crippen molar-refractivity contribution in [2.24, 2.45) is 0 Å². The van der Waals surface area contributed by atoms with Crippen LogP contribution in [0.4, 0.5) is 11.4 Å². The number of nitrogens with one attached hydrogen (secondary N) is 1. The second-order valence-corrected chi connectivity index (χ2v) is 6.32. The van der Waals surface area contributed by atoms with E-state index in [4.69, 9.17) is 9.26 Å². The topological polar surface area (TPSA) is 83.7 Å². The number of carbonyl (C=O) groups is 1. The second kappa shape index (κ2) is 8.77. The molecule has 140 valence electrons. The van der Waals surface area contributed by atoms with Gasteiger partial charge in [-0.2, -0.15) is 4.98 Å². The fraction of sp³-hybridized carbons (Fsp3) is 0.500. The monoisotopic (exact) mass is 359 g/mol. The SMILES string of the molecule is COCCN1CCN(c2ccc(NC(=O)Cc3noc(C)n3)cc2)CC1. The fourth-order valence-corrected chi connectivity index (χ4v) is 2.97. The van der Waals surface area contributed by atoms with Gasteiger partial charge in [0.25, 0.3) is 0 Å². The van der Waals surface area contributed by atoms with E-state index in [1.807, 2.05) is 24.3 Å². The van der Waals surface area contributed by atoms with Crippen LogP contribution in [0.15, 0.2) is 28.8 Å². The Kier molecular flexibility index (Phi) is 6.19. The lowest BCUT2D eigenvalue weighted by Gasteiger charge is -2.36. The van der Waals surface area contributed by atoms with Crippen molar-refractivity contribution in [2.75, 3.05) is 56.7 Å². The lowest BCUT2D eigenvalue weighted by Crippen LogP contribution is -2.47. The maximum absolute atomic E-state index is 12.0. The molecule has 0 unspecified atom stereocenters. The van der Waals surface area contributed by atoms with Gasteiger partial charge >= 0.3 is 0 Å². The number of hydrogen-bond donors (Lipinski definition) is 1. The van der Waals surface area contributed by atoms with E-state index in [-0.39, 0.29) is 12.3 Å². The summed E-state index contributed by atoms with van der Waals surface area (Å²) in [5, 5.41) is 6.59. The lowest BCUT2D eigenvalue weighted by molar-refractivity contribution is -0.115. The molecule has 1 fully saturated rings. The number of aryl methyl sites for hydroxylation is 1. The van der Waals surface area contributed by atoms with Crippen LogP contribution in [-0.4, -0.2) is 67.4 Å². The number of piperazine rings is 1. The number of nitrogens with zero attached hydrogens (tertiary/aromatic N) is 4. The van der Waals surface area contributed by atoms with Crippen LogP contribution in [0.2, 0.25) is 0 Å². The van der Waals surface area contributed by atoms with Crippen molar-refractivity contribution < 1.29 is 14.1 Å². The van der Waals surface area contributed by atoms with Gasteiger partial charge in [0.1, 0.15) is 0 Å². The third-order valence-corrected chi connectivity index (χ3v) is 4.39. The number of methoxy groups -OCH3 is 1. The molecule has 3 rings (SSSR count). The van der Waals surface area contributed by atoms with E-state index in [1.165, 1.54) is 5.69 Å². The second-order valence-electron chi connectivity index (χ2n) is 6.32. The van der Waals surface area contributed by atoms with Gasteiger partial charge in [0, 0.05) is 58.1 Å². The summed E-state index contributed by atoms with van der Waals surface area (Å²) >= 11 is 0. The molecular weight excluding hydrogens is 334 g/mol. The predicted octanol–water partition coefficient (Wildman–Crippen LogP) is 1.33. The predicted molar refractivity (Wildman–Crippen MR) is 98.3 cm³/mol. The van der Waals surface area contributed by atoms with Crippen molar-refractivity contribution in [3.8, 4) is 0 Å². The Morgan fingerprint density at radius 1 is 1.23 bits per heavy atom. The Morgan fingerprint density at radius 3 is 2.58 bits per heavy atom. The zero-order valence-electron chi connectivity index (χ0n) is 15.3. The zero-order valence-corrected chi connectivity index (χ0v) is 15.3. The smallest absolute Gasteiger partial charge is 0.232 e. The standard InChI is InChI=1S/C18H25N5O3/c1-14-19-17(21-26-14)13-18(24)20-15-3-5-16(6-4-15)23-9-7-22(8-10-23)11-12-25-2/h3-6H,7-13H2,1-2H3,(H,20,24). The van der Waals surface area contributed by atoms with Crippen molar-refractivity contribution in [1.29, 1.82) is 0 Å². The highest BCUT2D eigenvalue weighted by atomic mass is 16.5. The van der Waals surface area contributed by atoms with Gasteiger partial charge in [0.15, 0.2) is 5.82 Å². The first kappa shape index (κ1) is 18.3. The Bertz CT molecular complexity index is 708. The van der Waals surface area contributed by atoms with Gasteiger partial charge in [-0.15, -0.1) is 0 Å². The number of amides is 1. The number of ether oxygens (including phenoxy) is 1. The normalized spacial score (nSPS) is 15.2. The Morgan fingerprint density at radius 2 is 1.96 bits per heavy atom. The van der Waals surface area contributed by atoms with Gasteiger partial charge in [-0.05, 0) is 24.3 Å². The van der Waals surface area contributed by atoms with Crippen LogP contribution in [0.1, 0.15) is 11.7 Å². The van der Waals surface area contributed by atoms with Gasteiger partial charge < -0.3 is 19.5 Å². The van der Waals surface area contributed by atoms with Crippen molar-refractivity contribution in [2.45, 2.75) is 13.3 Å². The minimum absolute atomic E-state index is 0.0997. The summed E-state index contributed by atoms with van der Waals surface area (Å²) in [6.45, 7) is 7.51. The maximum Gasteiger partial charge on any atom is 0.232 e. The molecule has 1 aliphatic rings. The average molecular weight is 359 g/mol. The number of hydrogen-bond acceptors (Lipinski definition) is 7. The highest BCUT2D eigenvalue weighted by Gasteiger charge is 2.17. The molecule has 0 bridgehead atoms. The van der Waals surface area contributed by atoms with Crippen LogP contribution < -0.4 is 10.2 Å². The van der Waals surface area contributed by atoms with Crippen molar-refractivity contribution in [1.82, 2.24) is 15.0 Å². The van der Waals surface area contributed by atoms with E-state index in [2.05, 4.69) is 25.3 Å². The van der Waals surface area contributed by atoms with E-state index >= 15 is 0 Å². The summed E-state index contributed by atoms with van der Waals surface area (Å²) in [7, 11) is 1.74. The molecular formula is C18H25N5O3. The highest BCUT2D eigenvalue weighted by Crippen LogP contribution is 2.19. The quantitative estimate of drug-likeness (QED) is 0.798. The van der Waals surface area contributed by atoms with E-state index in [0.29, 0.717) is 11.7 Å². The lowest BCUT2D eigenvalue weighted by atomic mass is 10.2. The molecule has 1 amide bonds. The van der Waals surface area contributed by atoms with Gasteiger partial charge in [0.05, 0.1) is 13.0 Å². The average Bonchev–Trinajstić information content (AvgIpc) is 3.05. The molecule has 0 aliphatic carbocycles. The molecule has 0 spiro atoms. The zero-order chi connectivity index (χ0) is 18.4. The molecule has 26 heavy (non-hydrogen) atoms. The van der Waals surface area contributed by atoms with Crippen LogP contribution in [0, 0.1) is 6.92 Å². The van der Waals surface area contributed by atoms with Gasteiger partial charge in [-0.3, -0.25) is 9.69 Å². The number of aromatic nitrogens is 2. The van der Waals surface area contributed by atoms with Gasteiger partial charge in [-0.25, -0.2) is 0 Å². The molecule has 1 N–H and O–H groups in total. The molecule has 2 aromatic rings. The number of benzene rings is 1. The van der Waals surface area contributed by atoms with E-state index in [9.17, 15) is 4.79 Å². The summed E-state index contributed by atoms with van der Waals surface area (Å²) in [6, 6.07) is 7.93. The highest BCUT2D eigenvalue weighted by molar-refractivity contribution is 5.91. The molecule has 0 radical (unpaired) electrons. The molecule has 8 nitrogen and oxygen atoms in total. The molecule has 1 aromatic heterocycles. The first-order valence-electron chi connectivity index (χ1n) is 8.79. The summed E-state index contributed by atoms with van der Waals surface area (Å²) in [5.74, 6) is 0.688. The Labute approximate surface area is 153 Å². The summed E-state index contributed by atoms with van der Waals surface area (Å²) in [6.07, 6.45) is 0.0997. The van der Waals surface area contributed by atoms with Crippen LogP contribution in [0.25, 0.3) is 0 Å². The summed E-state index contributed by atoms with van der Waals surface area (Å²) in [4.78, 5) is 20.8. The Hall–Kier alpha value is -2.45. The van der Waals surface area contributed by atoms with Crippen LogP contribution in [0.3, 0.4) is 0 Å². The molecule has 8 heteroatoms. The number of carbonyl (C=O) groups excluding carboxylic acids is 1. The minimum atomic E-state index is -0.162. The van der Waals surface area contributed by atoms with E-state index in [1.54, 1.807) is 14.0 Å². The van der Waals surface area contributed by atoms with E-state index < -0.39 is 0 Å². The summed E-state index contributed by atoms with van der Waals surface area (Å²) in [5.41, 5.74) is 1.93. The van der Waals surface area contributed by atoms with Crippen molar-refractivity contribution in [3.63, 3.8) is 0 Å². The van der Waals surface area contributed by atoms with Crippen LogP contribution >= 0.6 is 0 Å². The molecule has 0 saturated carbocycles. The summed E-state index contributed by atoms with van der Waals surface area (Å²) < 4.78 is 10.0. The van der Waals surface area contributed by atoms with Crippen molar-refractivity contribution >= 4 is 17.3 Å². The largest absolute Gasteiger partial charge is 0.383 e. The van der Waals surface area contributed by atoms with Crippen molar-refractivity contribution in [3.05, 3.63) is 36.0 Å². The maximum atomic E-state index is 12.0. The molecule has 2 heterocycles. The first-order valence-corrected chi connectivity index (χ1v) is 8.79. The Balaban J connectivity index is 1.48. The van der Waals surface area contributed by atoms with Gasteiger partial charge in [-0.1, -0.05) is 5.16 Å². The number of rotatable bonds is 7. The van der Waals surface area contributed by atoms with Crippen LogP contribution in [-0.2, 0) is 16.0 Å². The van der Waals surface area contributed by atoms with Gasteiger partial charge in [0.2, 0.25) is 11.8 Å². The fourth-order valence-electron chi connectivity index (χ4n) is 2.97. The first-order chi connectivity index (χ1) is 12.6. The van der Waals surface area contributed by atoms with E-state index in [0.717, 1.165) is 45.0 Å².